The third-order valence-electron chi connectivity index (χ3n) is 2.36. The van der Waals surface area contributed by atoms with Crippen molar-refractivity contribution in [1.29, 1.82) is 0 Å². The van der Waals surface area contributed by atoms with Crippen molar-refractivity contribution in [2.75, 3.05) is 5.32 Å². The molecular formula is C13H10Br2ClN. The van der Waals surface area contributed by atoms with E-state index in [4.69, 9.17) is 11.6 Å². The number of hydrogen-bond donors (Lipinski definition) is 1. The zero-order valence-electron chi connectivity index (χ0n) is 8.88. The standard InChI is InChI=1S/C13H10Br2ClN/c14-11-3-1-2-4-13(11)17-8-9-5-6-10(16)7-12(9)15/h1-7,17H,8H2. The van der Waals surface area contributed by atoms with Crippen LogP contribution >= 0.6 is 43.5 Å². The van der Waals surface area contributed by atoms with Gasteiger partial charge < -0.3 is 5.32 Å². The van der Waals surface area contributed by atoms with Crippen molar-refractivity contribution in [3.05, 3.63) is 62.0 Å². The van der Waals surface area contributed by atoms with Gasteiger partial charge in [-0.2, -0.15) is 0 Å². The van der Waals surface area contributed by atoms with Crippen LogP contribution in [0.2, 0.25) is 5.02 Å². The Kier molecular flexibility index (Phi) is 4.48. The number of anilines is 1. The largest absolute Gasteiger partial charge is 0.380 e. The molecule has 0 fully saturated rings. The number of hydrogen-bond acceptors (Lipinski definition) is 1. The van der Waals surface area contributed by atoms with Crippen LogP contribution in [0.1, 0.15) is 5.56 Å². The van der Waals surface area contributed by atoms with Gasteiger partial charge in [-0.3, -0.25) is 0 Å². The van der Waals surface area contributed by atoms with Gasteiger partial charge in [-0.1, -0.05) is 45.7 Å². The molecule has 88 valence electrons. The van der Waals surface area contributed by atoms with E-state index in [1.54, 1.807) is 0 Å². The lowest BCUT2D eigenvalue weighted by molar-refractivity contribution is 1.13. The Morgan fingerprint density at radius 3 is 2.47 bits per heavy atom. The molecule has 2 aromatic carbocycles. The van der Waals surface area contributed by atoms with Gasteiger partial charge in [0, 0.05) is 26.2 Å². The maximum absolute atomic E-state index is 5.90. The van der Waals surface area contributed by atoms with Gasteiger partial charge in [0.2, 0.25) is 0 Å². The maximum atomic E-state index is 5.90. The summed E-state index contributed by atoms with van der Waals surface area (Å²) in [6.45, 7) is 0.750. The number of rotatable bonds is 3. The van der Waals surface area contributed by atoms with Crippen LogP contribution in [0.15, 0.2) is 51.4 Å². The lowest BCUT2D eigenvalue weighted by atomic mass is 10.2. The highest BCUT2D eigenvalue weighted by Gasteiger charge is 2.02. The molecule has 0 aliphatic heterocycles. The fraction of sp³-hybridized carbons (Fsp3) is 0.0769. The van der Waals surface area contributed by atoms with Crippen LogP contribution in [0.25, 0.3) is 0 Å². The summed E-state index contributed by atoms with van der Waals surface area (Å²) in [5.41, 5.74) is 2.25. The molecule has 0 radical (unpaired) electrons. The summed E-state index contributed by atoms with van der Waals surface area (Å²) in [6.07, 6.45) is 0. The molecule has 1 nitrogen and oxygen atoms in total. The molecule has 17 heavy (non-hydrogen) atoms. The van der Waals surface area contributed by atoms with Crippen LogP contribution in [0.5, 0.6) is 0 Å². The van der Waals surface area contributed by atoms with Crippen LogP contribution in [0.4, 0.5) is 5.69 Å². The lowest BCUT2D eigenvalue weighted by Gasteiger charge is -2.10. The second-order valence-electron chi connectivity index (χ2n) is 3.57. The van der Waals surface area contributed by atoms with Gasteiger partial charge in [0.1, 0.15) is 0 Å². The third-order valence-corrected chi connectivity index (χ3v) is 4.02. The fourth-order valence-corrected chi connectivity index (χ4v) is 2.71. The van der Waals surface area contributed by atoms with Crippen molar-refractivity contribution in [2.45, 2.75) is 6.54 Å². The van der Waals surface area contributed by atoms with Crippen LogP contribution in [0.3, 0.4) is 0 Å². The minimum Gasteiger partial charge on any atom is -0.380 e. The Hall–Kier alpha value is -0.510. The number of halogens is 3. The van der Waals surface area contributed by atoms with E-state index in [2.05, 4.69) is 37.2 Å². The van der Waals surface area contributed by atoms with E-state index in [1.165, 1.54) is 5.56 Å². The Morgan fingerprint density at radius 2 is 1.76 bits per heavy atom. The molecule has 2 rings (SSSR count). The minimum atomic E-state index is 0.738. The van der Waals surface area contributed by atoms with Crippen LogP contribution in [0, 0.1) is 0 Å². The van der Waals surface area contributed by atoms with Crippen molar-refractivity contribution in [1.82, 2.24) is 0 Å². The number of nitrogens with one attached hydrogen (secondary N) is 1. The van der Waals surface area contributed by atoms with E-state index < -0.39 is 0 Å². The predicted octanol–water partition coefficient (Wildman–Crippen LogP) is 5.48. The maximum Gasteiger partial charge on any atom is 0.0487 e. The van der Waals surface area contributed by atoms with Crippen molar-refractivity contribution < 1.29 is 0 Å². The van der Waals surface area contributed by atoms with Gasteiger partial charge in [-0.25, -0.2) is 0 Å². The molecule has 2 aromatic rings. The minimum absolute atomic E-state index is 0.738. The zero-order valence-corrected chi connectivity index (χ0v) is 12.8. The lowest BCUT2D eigenvalue weighted by Crippen LogP contribution is -2.00. The monoisotopic (exact) mass is 373 g/mol. The smallest absolute Gasteiger partial charge is 0.0487 e. The molecule has 0 unspecified atom stereocenters. The zero-order chi connectivity index (χ0) is 12.3. The number of para-hydroxylation sites is 1. The highest BCUT2D eigenvalue weighted by molar-refractivity contribution is 9.11. The molecule has 0 bridgehead atoms. The van der Waals surface area contributed by atoms with E-state index in [0.717, 1.165) is 26.2 Å². The van der Waals surface area contributed by atoms with Gasteiger partial charge in [-0.05, 0) is 45.8 Å². The molecule has 0 aromatic heterocycles. The Morgan fingerprint density at radius 1 is 1.00 bits per heavy atom. The van der Waals surface area contributed by atoms with E-state index in [1.807, 2.05) is 42.5 Å². The third kappa shape index (κ3) is 3.47. The second kappa shape index (κ2) is 5.89. The molecule has 0 amide bonds. The summed E-state index contributed by atoms with van der Waals surface area (Å²) in [7, 11) is 0. The van der Waals surface area contributed by atoms with Gasteiger partial charge in [0.05, 0.1) is 0 Å². The van der Waals surface area contributed by atoms with Gasteiger partial charge in [-0.15, -0.1) is 0 Å². The molecule has 0 heterocycles. The van der Waals surface area contributed by atoms with Gasteiger partial charge in [0.15, 0.2) is 0 Å². The first-order chi connectivity index (χ1) is 8.16. The van der Waals surface area contributed by atoms with Gasteiger partial charge in [0.25, 0.3) is 0 Å². The SMILES string of the molecule is Clc1ccc(CNc2ccccc2Br)c(Br)c1. The summed E-state index contributed by atoms with van der Waals surface area (Å²) >= 11 is 12.9. The number of benzene rings is 2. The Balaban J connectivity index is 2.10. The average Bonchev–Trinajstić information content (AvgIpc) is 2.30. The first-order valence-electron chi connectivity index (χ1n) is 5.09. The summed E-state index contributed by atoms with van der Waals surface area (Å²) in [4.78, 5) is 0. The topological polar surface area (TPSA) is 12.0 Å². The molecule has 0 atom stereocenters. The molecule has 1 N–H and O–H groups in total. The van der Waals surface area contributed by atoms with Crippen molar-refractivity contribution in [2.24, 2.45) is 0 Å². The average molecular weight is 375 g/mol. The normalized spacial score (nSPS) is 10.3. The Bertz CT molecular complexity index is 529. The van der Waals surface area contributed by atoms with Gasteiger partial charge >= 0.3 is 0 Å². The van der Waals surface area contributed by atoms with Crippen LogP contribution in [-0.4, -0.2) is 0 Å². The van der Waals surface area contributed by atoms with Crippen molar-refractivity contribution >= 4 is 49.1 Å². The summed E-state index contributed by atoms with van der Waals surface area (Å²) in [5, 5.41) is 4.11. The first-order valence-corrected chi connectivity index (χ1v) is 7.05. The highest BCUT2D eigenvalue weighted by Crippen LogP contribution is 2.25. The highest BCUT2D eigenvalue weighted by atomic mass is 79.9. The van der Waals surface area contributed by atoms with Crippen molar-refractivity contribution in [3.63, 3.8) is 0 Å². The Labute approximate surface area is 122 Å². The fourth-order valence-electron chi connectivity index (χ4n) is 1.46. The quantitative estimate of drug-likeness (QED) is 0.749. The molecule has 0 aliphatic carbocycles. The van der Waals surface area contributed by atoms with Crippen LogP contribution in [-0.2, 0) is 6.54 Å². The molecule has 4 heteroatoms. The summed E-state index contributed by atoms with van der Waals surface area (Å²) in [6, 6.07) is 13.9. The van der Waals surface area contributed by atoms with E-state index >= 15 is 0 Å². The first kappa shape index (κ1) is 12.9. The second-order valence-corrected chi connectivity index (χ2v) is 5.71. The van der Waals surface area contributed by atoms with Crippen molar-refractivity contribution in [3.8, 4) is 0 Å². The van der Waals surface area contributed by atoms with E-state index in [-0.39, 0.29) is 0 Å². The molecule has 0 aliphatic rings. The molecule has 0 saturated carbocycles. The predicted molar refractivity (Wildman–Crippen MR) is 80.6 cm³/mol. The molecule has 0 saturated heterocycles. The summed E-state index contributed by atoms with van der Waals surface area (Å²) in [5.74, 6) is 0. The molecule has 0 spiro atoms. The van der Waals surface area contributed by atoms with Crippen LogP contribution < -0.4 is 5.32 Å². The van der Waals surface area contributed by atoms with E-state index in [0.29, 0.717) is 0 Å². The van der Waals surface area contributed by atoms with E-state index in [9.17, 15) is 0 Å². The summed E-state index contributed by atoms with van der Waals surface area (Å²) < 4.78 is 2.08. The molecular weight excluding hydrogens is 365 g/mol.